The molecule has 0 fully saturated rings. The summed E-state index contributed by atoms with van der Waals surface area (Å²) in [6, 6.07) is 1.08. The van der Waals surface area contributed by atoms with Gasteiger partial charge in [0.1, 0.15) is 0 Å². The number of aromatic nitrogens is 3. The molecule has 0 atom stereocenters. The summed E-state index contributed by atoms with van der Waals surface area (Å²) in [5.74, 6) is -0.797. The van der Waals surface area contributed by atoms with E-state index in [1.54, 1.807) is 0 Å². The van der Waals surface area contributed by atoms with Crippen molar-refractivity contribution in [3.8, 4) is 0 Å². The molecule has 0 bridgehead atoms. The van der Waals surface area contributed by atoms with Crippen molar-refractivity contribution in [2.75, 3.05) is 14.2 Å². The van der Waals surface area contributed by atoms with Gasteiger partial charge in [0.2, 0.25) is 0 Å². The molecular formula is C14H11ClF6N4O2. The van der Waals surface area contributed by atoms with Gasteiger partial charge < -0.3 is 0 Å². The number of amides is 1. The van der Waals surface area contributed by atoms with E-state index in [9.17, 15) is 31.1 Å². The van der Waals surface area contributed by atoms with Crippen molar-refractivity contribution in [1.29, 1.82) is 0 Å². The van der Waals surface area contributed by atoms with Gasteiger partial charge in [-0.2, -0.15) is 26.3 Å². The van der Waals surface area contributed by atoms with Crippen LogP contribution < -0.4 is 0 Å². The molecule has 0 aliphatic rings. The first-order valence-corrected chi connectivity index (χ1v) is 7.42. The zero-order valence-corrected chi connectivity index (χ0v) is 14.4. The molecule has 2 rings (SSSR count). The Morgan fingerprint density at radius 3 is 2.11 bits per heavy atom. The third-order valence-corrected chi connectivity index (χ3v) is 3.79. The van der Waals surface area contributed by atoms with Gasteiger partial charge in [0, 0.05) is 7.05 Å². The summed E-state index contributed by atoms with van der Waals surface area (Å²) >= 11 is 5.92. The Balaban J connectivity index is 2.43. The van der Waals surface area contributed by atoms with Gasteiger partial charge in [-0.1, -0.05) is 16.8 Å². The summed E-state index contributed by atoms with van der Waals surface area (Å²) in [6.07, 6.45) is -9.96. The molecule has 0 aliphatic carbocycles. The average Bonchev–Trinajstić information content (AvgIpc) is 2.92. The zero-order chi connectivity index (χ0) is 20.6. The maximum absolute atomic E-state index is 12.9. The van der Waals surface area contributed by atoms with Crippen LogP contribution in [-0.4, -0.2) is 40.1 Å². The summed E-state index contributed by atoms with van der Waals surface area (Å²) in [5, 5.41) is 7.39. The van der Waals surface area contributed by atoms with Gasteiger partial charge in [-0.15, -0.1) is 5.10 Å². The summed E-state index contributed by atoms with van der Waals surface area (Å²) in [4.78, 5) is 16.6. The number of nitrogens with zero attached hydrogens (tertiary/aromatic N) is 4. The summed E-state index contributed by atoms with van der Waals surface area (Å²) < 4.78 is 78.2. The topological polar surface area (TPSA) is 60.2 Å². The molecule has 1 heterocycles. The highest BCUT2D eigenvalue weighted by molar-refractivity contribution is 6.32. The largest absolute Gasteiger partial charge is 0.416 e. The summed E-state index contributed by atoms with van der Waals surface area (Å²) in [6.45, 7) is -0.567. The molecule has 0 saturated carbocycles. The SMILES string of the molecule is CON(C)C(=O)c1nnn(Cc2cc(C(F)(F)F)cc(C(F)(F)F)c2)c1Cl. The molecule has 13 heteroatoms. The molecule has 1 amide bonds. The van der Waals surface area contributed by atoms with Crippen LogP contribution in [0.4, 0.5) is 26.3 Å². The minimum atomic E-state index is -4.98. The van der Waals surface area contributed by atoms with Gasteiger partial charge in [-0.3, -0.25) is 9.63 Å². The van der Waals surface area contributed by atoms with Crippen LogP contribution in [0.25, 0.3) is 0 Å². The van der Waals surface area contributed by atoms with Crippen LogP contribution in [0.1, 0.15) is 27.2 Å². The van der Waals surface area contributed by atoms with Crippen LogP contribution in [-0.2, 0) is 23.7 Å². The lowest BCUT2D eigenvalue weighted by Crippen LogP contribution is -2.26. The third kappa shape index (κ3) is 4.69. The second kappa shape index (κ2) is 7.35. The Bertz CT molecular complexity index is 817. The lowest BCUT2D eigenvalue weighted by atomic mass is 10.0. The molecule has 148 valence electrons. The Morgan fingerprint density at radius 2 is 1.67 bits per heavy atom. The molecule has 1 aromatic carbocycles. The van der Waals surface area contributed by atoms with Crippen molar-refractivity contribution in [2.24, 2.45) is 0 Å². The highest BCUT2D eigenvalue weighted by Gasteiger charge is 2.37. The number of halogens is 7. The Hall–Kier alpha value is -2.34. The van der Waals surface area contributed by atoms with E-state index in [-0.39, 0.29) is 22.5 Å². The monoisotopic (exact) mass is 416 g/mol. The molecule has 2 aromatic rings. The van der Waals surface area contributed by atoms with Crippen molar-refractivity contribution in [3.05, 3.63) is 45.7 Å². The molecule has 6 nitrogen and oxygen atoms in total. The van der Waals surface area contributed by atoms with E-state index in [1.165, 1.54) is 14.2 Å². The number of hydrogen-bond acceptors (Lipinski definition) is 4. The lowest BCUT2D eigenvalue weighted by molar-refractivity contribution is -0.143. The standard InChI is InChI=1S/C14H11ClF6N4O2/c1-24(27-2)12(26)10-11(15)25(23-22-10)6-7-3-8(13(16,17)18)5-9(4-7)14(19,20)21/h3-5H,6H2,1-2H3. The fourth-order valence-corrected chi connectivity index (χ4v) is 2.26. The van der Waals surface area contributed by atoms with Crippen LogP contribution in [0, 0.1) is 0 Å². The first-order chi connectivity index (χ1) is 12.3. The van der Waals surface area contributed by atoms with Gasteiger partial charge in [0.05, 0.1) is 24.8 Å². The van der Waals surface area contributed by atoms with Gasteiger partial charge in [0.25, 0.3) is 0 Å². The van der Waals surface area contributed by atoms with Crippen molar-refractivity contribution in [3.63, 3.8) is 0 Å². The molecule has 0 spiro atoms. The molecular weight excluding hydrogens is 406 g/mol. The van der Waals surface area contributed by atoms with Crippen LogP contribution >= 0.6 is 11.6 Å². The second-order valence-electron chi connectivity index (χ2n) is 5.29. The highest BCUT2D eigenvalue weighted by Crippen LogP contribution is 2.36. The van der Waals surface area contributed by atoms with Gasteiger partial charge in [-0.05, 0) is 23.8 Å². The predicted octanol–water partition coefficient (Wildman–Crippen LogP) is 3.65. The number of hydrogen-bond donors (Lipinski definition) is 0. The molecule has 27 heavy (non-hydrogen) atoms. The van der Waals surface area contributed by atoms with E-state index < -0.39 is 35.9 Å². The Morgan fingerprint density at radius 1 is 1.15 bits per heavy atom. The van der Waals surface area contributed by atoms with Crippen LogP contribution in [0.2, 0.25) is 5.15 Å². The predicted molar refractivity (Wildman–Crippen MR) is 79.7 cm³/mol. The minimum Gasteiger partial charge on any atom is -0.274 e. The van der Waals surface area contributed by atoms with E-state index >= 15 is 0 Å². The van der Waals surface area contributed by atoms with Crippen molar-refractivity contribution < 1.29 is 36.0 Å². The van der Waals surface area contributed by atoms with E-state index in [4.69, 9.17) is 11.6 Å². The third-order valence-electron chi connectivity index (χ3n) is 3.42. The van der Waals surface area contributed by atoms with Crippen LogP contribution in [0.3, 0.4) is 0 Å². The lowest BCUT2D eigenvalue weighted by Gasteiger charge is -2.14. The van der Waals surface area contributed by atoms with E-state index in [1.807, 2.05) is 0 Å². The number of rotatable bonds is 4. The molecule has 0 saturated heterocycles. The second-order valence-corrected chi connectivity index (χ2v) is 5.64. The molecule has 1 aromatic heterocycles. The fourth-order valence-electron chi connectivity index (χ4n) is 2.05. The first kappa shape index (κ1) is 21.0. The maximum Gasteiger partial charge on any atom is 0.416 e. The number of carbonyl (C=O) groups is 1. The van der Waals surface area contributed by atoms with Crippen molar-refractivity contribution in [2.45, 2.75) is 18.9 Å². The molecule has 0 radical (unpaired) electrons. The van der Waals surface area contributed by atoms with E-state index in [0.29, 0.717) is 12.1 Å². The van der Waals surface area contributed by atoms with Crippen LogP contribution in [0.5, 0.6) is 0 Å². The Kier molecular flexibility index (Phi) is 5.71. The number of carbonyl (C=O) groups excluding carboxylic acids is 1. The minimum absolute atomic E-state index is 0.00888. The normalized spacial score (nSPS) is 12.3. The quantitative estimate of drug-likeness (QED) is 0.564. The smallest absolute Gasteiger partial charge is 0.274 e. The van der Waals surface area contributed by atoms with E-state index in [2.05, 4.69) is 15.1 Å². The summed E-state index contributed by atoms with van der Waals surface area (Å²) in [5.41, 5.74) is -3.69. The molecule has 0 unspecified atom stereocenters. The van der Waals surface area contributed by atoms with Gasteiger partial charge in [0.15, 0.2) is 10.8 Å². The zero-order valence-electron chi connectivity index (χ0n) is 13.7. The number of alkyl halides is 6. The fraction of sp³-hybridized carbons (Fsp3) is 0.357. The number of hydroxylamine groups is 2. The van der Waals surface area contributed by atoms with Gasteiger partial charge in [-0.25, -0.2) is 9.75 Å². The van der Waals surface area contributed by atoms with Crippen LogP contribution in [0.15, 0.2) is 18.2 Å². The molecule has 0 N–H and O–H groups in total. The molecule has 0 aliphatic heterocycles. The first-order valence-electron chi connectivity index (χ1n) is 7.04. The van der Waals surface area contributed by atoms with Gasteiger partial charge >= 0.3 is 18.3 Å². The Labute approximate surface area is 153 Å². The average molecular weight is 417 g/mol. The maximum atomic E-state index is 12.9. The van der Waals surface area contributed by atoms with E-state index in [0.717, 1.165) is 9.75 Å². The van der Waals surface area contributed by atoms with Crippen molar-refractivity contribution in [1.82, 2.24) is 20.1 Å². The summed E-state index contributed by atoms with van der Waals surface area (Å²) in [7, 11) is 2.44. The highest BCUT2D eigenvalue weighted by atomic mass is 35.5. The number of benzene rings is 1. The van der Waals surface area contributed by atoms with Crippen molar-refractivity contribution >= 4 is 17.5 Å².